The maximum absolute atomic E-state index is 12.1. The Balaban J connectivity index is 1.95. The van der Waals surface area contributed by atoms with Crippen LogP contribution in [0.5, 0.6) is 0 Å². The van der Waals surface area contributed by atoms with E-state index in [1.165, 1.54) is 13.1 Å². The Hall–Kier alpha value is -3.48. The van der Waals surface area contributed by atoms with Crippen molar-refractivity contribution in [3.63, 3.8) is 0 Å². The van der Waals surface area contributed by atoms with Crippen LogP contribution in [0.1, 0.15) is 36.2 Å². The summed E-state index contributed by atoms with van der Waals surface area (Å²) in [5.74, 6) is -0.650. The number of anilines is 2. The molecule has 0 aliphatic heterocycles. The summed E-state index contributed by atoms with van der Waals surface area (Å²) < 4.78 is 0. The van der Waals surface area contributed by atoms with E-state index in [0.717, 1.165) is 5.56 Å². The Morgan fingerprint density at radius 3 is 2.38 bits per heavy atom. The SMILES string of the molecule is CCC(=O)Nc1cccc(C(=O)N/N=C/c2ccc(NC(C)=O)cc2)c1. The topological polar surface area (TPSA) is 99.7 Å². The van der Waals surface area contributed by atoms with Crippen LogP contribution >= 0.6 is 0 Å². The molecule has 0 fully saturated rings. The van der Waals surface area contributed by atoms with Crippen molar-refractivity contribution in [3.8, 4) is 0 Å². The molecule has 0 radical (unpaired) electrons. The number of nitrogens with one attached hydrogen (secondary N) is 3. The molecular weight excluding hydrogens is 332 g/mol. The number of hydrogen-bond acceptors (Lipinski definition) is 4. The zero-order chi connectivity index (χ0) is 18.9. The minimum Gasteiger partial charge on any atom is -0.326 e. The third kappa shape index (κ3) is 5.86. The van der Waals surface area contributed by atoms with Gasteiger partial charge < -0.3 is 10.6 Å². The lowest BCUT2D eigenvalue weighted by molar-refractivity contribution is -0.116. The molecule has 0 heterocycles. The zero-order valence-corrected chi connectivity index (χ0v) is 14.6. The van der Waals surface area contributed by atoms with Gasteiger partial charge in [-0.05, 0) is 35.9 Å². The minimum absolute atomic E-state index is 0.122. The monoisotopic (exact) mass is 352 g/mol. The normalized spacial score (nSPS) is 10.4. The molecule has 7 nitrogen and oxygen atoms in total. The third-order valence-corrected chi connectivity index (χ3v) is 3.34. The van der Waals surface area contributed by atoms with Gasteiger partial charge in [-0.2, -0.15) is 5.10 Å². The van der Waals surface area contributed by atoms with E-state index in [1.54, 1.807) is 55.5 Å². The van der Waals surface area contributed by atoms with E-state index in [1.807, 2.05) is 0 Å². The fourth-order valence-electron chi connectivity index (χ4n) is 2.07. The van der Waals surface area contributed by atoms with Crippen LogP contribution in [-0.2, 0) is 9.59 Å². The van der Waals surface area contributed by atoms with Gasteiger partial charge in [-0.25, -0.2) is 5.43 Å². The molecule has 0 spiro atoms. The largest absolute Gasteiger partial charge is 0.326 e. The first-order valence-corrected chi connectivity index (χ1v) is 8.09. The van der Waals surface area contributed by atoms with E-state index in [0.29, 0.717) is 23.4 Å². The zero-order valence-electron chi connectivity index (χ0n) is 14.6. The van der Waals surface area contributed by atoms with Gasteiger partial charge in [0, 0.05) is 30.3 Å². The molecule has 26 heavy (non-hydrogen) atoms. The van der Waals surface area contributed by atoms with Crippen LogP contribution in [-0.4, -0.2) is 23.9 Å². The number of amides is 3. The van der Waals surface area contributed by atoms with Crippen LogP contribution in [0.4, 0.5) is 11.4 Å². The molecule has 3 amide bonds. The lowest BCUT2D eigenvalue weighted by Gasteiger charge is -2.05. The summed E-state index contributed by atoms with van der Waals surface area (Å²) in [7, 11) is 0. The molecule has 0 saturated carbocycles. The second-order valence-corrected chi connectivity index (χ2v) is 5.48. The fourth-order valence-corrected chi connectivity index (χ4v) is 2.07. The van der Waals surface area contributed by atoms with Crippen LogP contribution in [0, 0.1) is 0 Å². The fraction of sp³-hybridized carbons (Fsp3) is 0.158. The molecule has 0 aliphatic rings. The van der Waals surface area contributed by atoms with Crippen molar-refractivity contribution in [1.29, 1.82) is 0 Å². The van der Waals surface area contributed by atoms with E-state index in [4.69, 9.17) is 0 Å². The number of benzene rings is 2. The molecule has 2 rings (SSSR count). The van der Waals surface area contributed by atoms with E-state index in [-0.39, 0.29) is 17.7 Å². The van der Waals surface area contributed by atoms with Gasteiger partial charge in [0.25, 0.3) is 5.91 Å². The van der Waals surface area contributed by atoms with Gasteiger partial charge in [0.1, 0.15) is 0 Å². The summed E-state index contributed by atoms with van der Waals surface area (Å²) in [5, 5.41) is 9.28. The number of carbonyl (C=O) groups excluding carboxylic acids is 3. The molecule has 0 bridgehead atoms. The van der Waals surface area contributed by atoms with Gasteiger partial charge in [-0.1, -0.05) is 25.1 Å². The Kier molecular flexibility index (Phi) is 6.61. The first-order chi connectivity index (χ1) is 12.5. The number of nitrogens with zero attached hydrogens (tertiary/aromatic N) is 1. The standard InChI is InChI=1S/C19H20N4O3/c1-3-18(25)22-17-6-4-5-15(11-17)19(26)23-20-12-14-7-9-16(10-8-14)21-13(2)24/h4-12H,3H2,1-2H3,(H,21,24)(H,22,25)(H,23,26)/b20-12+. The van der Waals surface area contributed by atoms with Crippen LogP contribution in [0.25, 0.3) is 0 Å². The van der Waals surface area contributed by atoms with Gasteiger partial charge in [-0.15, -0.1) is 0 Å². The maximum Gasteiger partial charge on any atom is 0.271 e. The molecule has 0 saturated heterocycles. The predicted octanol–water partition coefficient (Wildman–Crippen LogP) is 2.76. The molecule has 134 valence electrons. The summed E-state index contributed by atoms with van der Waals surface area (Å²) in [5.41, 5.74) is 4.83. The molecule has 0 aromatic heterocycles. The second-order valence-electron chi connectivity index (χ2n) is 5.48. The first kappa shape index (κ1) is 18.9. The Morgan fingerprint density at radius 2 is 1.73 bits per heavy atom. The van der Waals surface area contributed by atoms with Gasteiger partial charge in [0.2, 0.25) is 11.8 Å². The summed E-state index contributed by atoms with van der Waals surface area (Å²) in [4.78, 5) is 34.5. The summed E-state index contributed by atoms with van der Waals surface area (Å²) in [6.45, 7) is 3.19. The van der Waals surface area contributed by atoms with Gasteiger partial charge in [0.05, 0.1) is 6.21 Å². The number of hydrogen-bond donors (Lipinski definition) is 3. The van der Waals surface area contributed by atoms with Crippen molar-refractivity contribution in [2.75, 3.05) is 10.6 Å². The molecule has 3 N–H and O–H groups in total. The number of hydrazone groups is 1. The smallest absolute Gasteiger partial charge is 0.271 e. The summed E-state index contributed by atoms with van der Waals surface area (Å²) in [6, 6.07) is 13.6. The van der Waals surface area contributed by atoms with Crippen molar-refractivity contribution in [2.24, 2.45) is 5.10 Å². The highest BCUT2D eigenvalue weighted by Crippen LogP contribution is 2.11. The Bertz CT molecular complexity index is 829. The van der Waals surface area contributed by atoms with Crippen molar-refractivity contribution in [3.05, 3.63) is 59.7 Å². The van der Waals surface area contributed by atoms with E-state index in [2.05, 4.69) is 21.2 Å². The van der Waals surface area contributed by atoms with Crippen LogP contribution in [0.3, 0.4) is 0 Å². The average molecular weight is 352 g/mol. The Labute approximate surface area is 151 Å². The second kappa shape index (κ2) is 9.12. The molecule has 0 atom stereocenters. The van der Waals surface area contributed by atoms with Crippen molar-refractivity contribution >= 4 is 35.3 Å². The van der Waals surface area contributed by atoms with E-state index < -0.39 is 0 Å². The third-order valence-electron chi connectivity index (χ3n) is 3.34. The Morgan fingerprint density at radius 1 is 1.00 bits per heavy atom. The van der Waals surface area contributed by atoms with Gasteiger partial charge in [-0.3, -0.25) is 14.4 Å². The van der Waals surface area contributed by atoms with E-state index in [9.17, 15) is 14.4 Å². The van der Waals surface area contributed by atoms with Crippen LogP contribution < -0.4 is 16.1 Å². The lowest BCUT2D eigenvalue weighted by atomic mass is 10.2. The molecule has 2 aromatic carbocycles. The lowest BCUT2D eigenvalue weighted by Crippen LogP contribution is -2.18. The van der Waals surface area contributed by atoms with Crippen molar-refractivity contribution < 1.29 is 14.4 Å². The predicted molar refractivity (Wildman–Crippen MR) is 101 cm³/mol. The van der Waals surface area contributed by atoms with Gasteiger partial charge >= 0.3 is 0 Å². The molecule has 0 unspecified atom stereocenters. The number of rotatable bonds is 6. The first-order valence-electron chi connectivity index (χ1n) is 8.09. The molecule has 0 aliphatic carbocycles. The van der Waals surface area contributed by atoms with Crippen molar-refractivity contribution in [1.82, 2.24) is 5.43 Å². The highest BCUT2D eigenvalue weighted by Gasteiger charge is 2.06. The van der Waals surface area contributed by atoms with Gasteiger partial charge in [0.15, 0.2) is 0 Å². The molecular formula is C19H20N4O3. The molecule has 7 heteroatoms. The highest BCUT2D eigenvalue weighted by atomic mass is 16.2. The molecule has 2 aromatic rings. The average Bonchev–Trinajstić information content (AvgIpc) is 2.62. The summed E-state index contributed by atoms with van der Waals surface area (Å²) in [6.07, 6.45) is 1.86. The summed E-state index contributed by atoms with van der Waals surface area (Å²) >= 11 is 0. The van der Waals surface area contributed by atoms with Crippen LogP contribution in [0.2, 0.25) is 0 Å². The quantitative estimate of drug-likeness (QED) is 0.550. The van der Waals surface area contributed by atoms with Crippen molar-refractivity contribution in [2.45, 2.75) is 20.3 Å². The maximum atomic E-state index is 12.1. The minimum atomic E-state index is -0.385. The highest BCUT2D eigenvalue weighted by molar-refractivity contribution is 5.97. The van der Waals surface area contributed by atoms with Crippen LogP contribution in [0.15, 0.2) is 53.6 Å². The van der Waals surface area contributed by atoms with E-state index >= 15 is 0 Å². The number of carbonyl (C=O) groups is 3.